The van der Waals surface area contributed by atoms with Crippen molar-refractivity contribution in [3.8, 4) is 0 Å². The van der Waals surface area contributed by atoms with Crippen molar-refractivity contribution in [2.45, 2.75) is 45.7 Å². The van der Waals surface area contributed by atoms with Gasteiger partial charge in [0.2, 0.25) is 11.8 Å². The van der Waals surface area contributed by atoms with Gasteiger partial charge in [-0.25, -0.2) is 0 Å². The Kier molecular flexibility index (Phi) is 8.81. The van der Waals surface area contributed by atoms with Crippen molar-refractivity contribution in [3.63, 3.8) is 0 Å². The van der Waals surface area contributed by atoms with Crippen LogP contribution in [0.25, 0.3) is 0 Å². The quantitative estimate of drug-likeness (QED) is 0.628. The fourth-order valence-electron chi connectivity index (χ4n) is 3.11. The van der Waals surface area contributed by atoms with E-state index in [-0.39, 0.29) is 24.8 Å². The van der Waals surface area contributed by atoms with Crippen molar-refractivity contribution in [1.82, 2.24) is 10.2 Å². The number of nitrogens with zero attached hydrogens (tertiary/aromatic N) is 1. The number of benzene rings is 2. The highest BCUT2D eigenvalue weighted by Crippen LogP contribution is 2.22. The topological polar surface area (TPSA) is 49.4 Å². The van der Waals surface area contributed by atoms with Crippen LogP contribution in [0.5, 0.6) is 0 Å². The minimum atomic E-state index is -0.546. The van der Waals surface area contributed by atoms with Gasteiger partial charge in [-0.1, -0.05) is 66.5 Å². The lowest BCUT2D eigenvalue weighted by molar-refractivity contribution is -0.141. The van der Waals surface area contributed by atoms with Crippen molar-refractivity contribution < 1.29 is 9.59 Å². The Balaban J connectivity index is 2.23. The minimum absolute atomic E-state index is 0.0991. The van der Waals surface area contributed by atoms with E-state index in [1.807, 2.05) is 56.3 Å². The molecule has 0 saturated carbocycles. The van der Waals surface area contributed by atoms with Gasteiger partial charge in [0.15, 0.2) is 0 Å². The molecule has 0 aliphatic heterocycles. The molecule has 0 aliphatic rings. The Hall–Kier alpha value is -2.04. The van der Waals surface area contributed by atoms with E-state index in [0.29, 0.717) is 29.4 Å². The van der Waals surface area contributed by atoms with Gasteiger partial charge in [0, 0.05) is 29.6 Å². The molecule has 2 aromatic carbocycles. The van der Waals surface area contributed by atoms with Crippen LogP contribution in [0.3, 0.4) is 0 Å². The zero-order valence-electron chi connectivity index (χ0n) is 16.3. The van der Waals surface area contributed by atoms with Crippen LogP contribution in [0.4, 0.5) is 0 Å². The summed E-state index contributed by atoms with van der Waals surface area (Å²) >= 11 is 12.5. The average molecular weight is 421 g/mol. The first kappa shape index (κ1) is 22.3. The third-order valence-corrected chi connectivity index (χ3v) is 5.34. The summed E-state index contributed by atoms with van der Waals surface area (Å²) in [5, 5.41) is 4.05. The summed E-state index contributed by atoms with van der Waals surface area (Å²) in [5.41, 5.74) is 1.74. The van der Waals surface area contributed by atoms with Gasteiger partial charge in [-0.15, -0.1) is 0 Å². The molecule has 4 nitrogen and oxygen atoms in total. The van der Waals surface area contributed by atoms with E-state index in [9.17, 15) is 9.59 Å². The molecular formula is C22H26Cl2N2O2. The minimum Gasteiger partial charge on any atom is -0.355 e. The van der Waals surface area contributed by atoms with E-state index in [4.69, 9.17) is 23.2 Å². The van der Waals surface area contributed by atoms with E-state index >= 15 is 0 Å². The van der Waals surface area contributed by atoms with E-state index in [1.165, 1.54) is 0 Å². The zero-order chi connectivity index (χ0) is 20.5. The number of amides is 2. The van der Waals surface area contributed by atoms with Gasteiger partial charge in [-0.3, -0.25) is 9.59 Å². The van der Waals surface area contributed by atoms with Crippen LogP contribution in [0.15, 0.2) is 48.5 Å². The molecule has 0 radical (unpaired) electrons. The molecule has 1 atom stereocenters. The summed E-state index contributed by atoms with van der Waals surface area (Å²) in [7, 11) is 0. The number of carbonyl (C=O) groups excluding carboxylic acids is 2. The van der Waals surface area contributed by atoms with E-state index in [0.717, 1.165) is 11.1 Å². The largest absolute Gasteiger partial charge is 0.355 e. The second kappa shape index (κ2) is 11.1. The molecule has 0 heterocycles. The maximum absolute atomic E-state index is 13.1. The van der Waals surface area contributed by atoms with Crippen LogP contribution in [0, 0.1) is 0 Å². The molecule has 2 rings (SSSR count). The molecular weight excluding hydrogens is 395 g/mol. The molecule has 6 heteroatoms. The molecule has 0 saturated heterocycles. The van der Waals surface area contributed by atoms with Gasteiger partial charge < -0.3 is 10.2 Å². The SMILES string of the molecule is CCNC(=O)[C@@H](CC)N(Cc1ccccc1Cl)C(=O)CCc1ccccc1Cl. The maximum Gasteiger partial charge on any atom is 0.242 e. The molecule has 0 fully saturated rings. The normalized spacial score (nSPS) is 11.7. The second-order valence-electron chi connectivity index (χ2n) is 6.52. The Morgan fingerprint density at radius 3 is 2.07 bits per heavy atom. The Morgan fingerprint density at radius 2 is 1.54 bits per heavy atom. The summed E-state index contributed by atoms with van der Waals surface area (Å²) < 4.78 is 0. The average Bonchev–Trinajstić information content (AvgIpc) is 2.68. The molecule has 150 valence electrons. The molecule has 28 heavy (non-hydrogen) atoms. The highest BCUT2D eigenvalue weighted by Gasteiger charge is 2.28. The number of likely N-dealkylation sites (N-methyl/N-ethyl adjacent to an activating group) is 1. The summed E-state index contributed by atoms with van der Waals surface area (Å²) in [4.78, 5) is 27.3. The van der Waals surface area contributed by atoms with Crippen LogP contribution >= 0.6 is 23.2 Å². The molecule has 2 amide bonds. The highest BCUT2D eigenvalue weighted by atomic mass is 35.5. The number of rotatable bonds is 9. The van der Waals surface area contributed by atoms with Crippen molar-refractivity contribution in [2.24, 2.45) is 0 Å². The summed E-state index contributed by atoms with van der Waals surface area (Å²) in [6, 6.07) is 14.3. The van der Waals surface area contributed by atoms with Crippen molar-refractivity contribution in [2.75, 3.05) is 6.54 Å². The van der Waals surface area contributed by atoms with Crippen molar-refractivity contribution in [1.29, 1.82) is 0 Å². The third-order valence-electron chi connectivity index (χ3n) is 4.60. The fraction of sp³-hybridized carbons (Fsp3) is 0.364. The van der Waals surface area contributed by atoms with Crippen LogP contribution < -0.4 is 5.32 Å². The zero-order valence-corrected chi connectivity index (χ0v) is 17.8. The molecule has 0 unspecified atom stereocenters. The van der Waals surface area contributed by atoms with Crippen LogP contribution in [-0.2, 0) is 22.6 Å². The smallest absolute Gasteiger partial charge is 0.242 e. The third kappa shape index (κ3) is 5.98. The maximum atomic E-state index is 13.1. The predicted octanol–water partition coefficient (Wildman–Crippen LogP) is 4.87. The molecule has 2 aromatic rings. The van der Waals surface area contributed by atoms with Gasteiger partial charge >= 0.3 is 0 Å². The first-order valence-electron chi connectivity index (χ1n) is 9.51. The lowest BCUT2D eigenvalue weighted by atomic mass is 10.1. The van der Waals surface area contributed by atoms with Gasteiger partial charge in [-0.2, -0.15) is 0 Å². The molecule has 0 spiro atoms. The van der Waals surface area contributed by atoms with Crippen molar-refractivity contribution in [3.05, 3.63) is 69.7 Å². The lowest BCUT2D eigenvalue weighted by Gasteiger charge is -2.31. The number of aryl methyl sites for hydroxylation is 1. The number of hydrogen-bond acceptors (Lipinski definition) is 2. The second-order valence-corrected chi connectivity index (χ2v) is 7.34. The predicted molar refractivity (Wildman–Crippen MR) is 115 cm³/mol. The van der Waals surface area contributed by atoms with Crippen molar-refractivity contribution >= 4 is 35.0 Å². The number of halogens is 2. The first-order chi connectivity index (χ1) is 13.5. The first-order valence-corrected chi connectivity index (χ1v) is 10.3. The number of carbonyl (C=O) groups is 2. The Labute approximate surface area is 176 Å². The van der Waals surface area contributed by atoms with E-state index in [2.05, 4.69) is 5.32 Å². The van der Waals surface area contributed by atoms with Gasteiger partial charge in [0.25, 0.3) is 0 Å². The monoisotopic (exact) mass is 420 g/mol. The van der Waals surface area contributed by atoms with E-state index < -0.39 is 6.04 Å². The molecule has 1 N–H and O–H groups in total. The molecule has 0 aromatic heterocycles. The van der Waals surface area contributed by atoms with Gasteiger partial charge in [0.1, 0.15) is 6.04 Å². The highest BCUT2D eigenvalue weighted by molar-refractivity contribution is 6.31. The number of hydrogen-bond donors (Lipinski definition) is 1. The summed E-state index contributed by atoms with van der Waals surface area (Å²) in [5.74, 6) is -0.249. The fourth-order valence-corrected chi connectivity index (χ4v) is 3.53. The van der Waals surface area contributed by atoms with Gasteiger partial charge in [-0.05, 0) is 43.0 Å². The van der Waals surface area contributed by atoms with Crippen LogP contribution in [0.2, 0.25) is 10.0 Å². The summed E-state index contributed by atoms with van der Waals surface area (Å²) in [6.45, 7) is 4.57. The van der Waals surface area contributed by atoms with E-state index in [1.54, 1.807) is 11.0 Å². The number of nitrogens with one attached hydrogen (secondary N) is 1. The van der Waals surface area contributed by atoms with Crippen LogP contribution in [0.1, 0.15) is 37.8 Å². The standard InChI is InChI=1S/C22H26Cl2N2O2/c1-3-20(22(28)25-4-2)26(15-17-10-6-8-12-19(17)24)21(27)14-13-16-9-5-7-11-18(16)23/h5-12,20H,3-4,13-15H2,1-2H3,(H,25,28)/t20-/m1/s1. The lowest BCUT2D eigenvalue weighted by Crippen LogP contribution is -2.49. The molecule has 0 bridgehead atoms. The van der Waals surface area contributed by atoms with Crippen LogP contribution in [-0.4, -0.2) is 29.3 Å². The summed E-state index contributed by atoms with van der Waals surface area (Å²) in [6.07, 6.45) is 1.31. The Morgan fingerprint density at radius 1 is 0.964 bits per heavy atom. The molecule has 0 aliphatic carbocycles. The van der Waals surface area contributed by atoms with Gasteiger partial charge in [0.05, 0.1) is 0 Å². The Bertz CT molecular complexity index is 811.